The molecule has 3 N–H and O–H groups in total. The van der Waals surface area contributed by atoms with Crippen LogP contribution >= 0.6 is 11.6 Å². The molecule has 0 saturated carbocycles. The Hall–Kier alpha value is -2.79. The molecule has 0 bridgehead atoms. The number of hydrogen-bond acceptors (Lipinski definition) is 5. The lowest BCUT2D eigenvalue weighted by molar-refractivity contribution is 0.414. The van der Waals surface area contributed by atoms with Crippen LogP contribution < -0.4 is 15.8 Å². The Morgan fingerprint density at radius 2 is 1.89 bits per heavy atom. The molecular weight excluding hydrogens is 360 g/mol. The lowest BCUT2D eigenvalue weighted by atomic mass is 9.93. The third-order valence-electron chi connectivity index (χ3n) is 4.34. The summed E-state index contributed by atoms with van der Waals surface area (Å²) in [5.74, 6) is 1.92. The van der Waals surface area contributed by atoms with Crippen LogP contribution in [0.1, 0.15) is 36.5 Å². The first kappa shape index (κ1) is 19.0. The first-order valence-corrected chi connectivity index (χ1v) is 9.15. The monoisotopic (exact) mass is 382 g/mol. The number of nitrogens with one attached hydrogen (secondary N) is 1. The van der Waals surface area contributed by atoms with Crippen molar-refractivity contribution in [2.45, 2.75) is 26.2 Å². The summed E-state index contributed by atoms with van der Waals surface area (Å²) >= 11 is 6.33. The number of nitrogens with zero attached hydrogens (tertiary/aromatic N) is 2. The molecule has 0 aliphatic heterocycles. The van der Waals surface area contributed by atoms with Gasteiger partial charge in [-0.05, 0) is 41.3 Å². The second-order valence-electron chi connectivity index (χ2n) is 6.61. The van der Waals surface area contributed by atoms with Crippen LogP contribution in [0.15, 0.2) is 48.7 Å². The Morgan fingerprint density at radius 3 is 2.52 bits per heavy atom. The van der Waals surface area contributed by atoms with Gasteiger partial charge in [0.25, 0.3) is 0 Å². The van der Waals surface area contributed by atoms with Gasteiger partial charge in [0.1, 0.15) is 11.6 Å². The van der Waals surface area contributed by atoms with Crippen LogP contribution in [-0.4, -0.2) is 17.1 Å². The van der Waals surface area contributed by atoms with Crippen molar-refractivity contribution in [3.05, 3.63) is 70.4 Å². The number of anilines is 3. The smallest absolute Gasteiger partial charge is 0.229 e. The Balaban J connectivity index is 1.87. The average Bonchev–Trinajstić information content (AvgIpc) is 2.64. The molecule has 0 radical (unpaired) electrons. The predicted octanol–water partition coefficient (Wildman–Crippen LogP) is 5.18. The van der Waals surface area contributed by atoms with Crippen LogP contribution in [0.5, 0.6) is 5.75 Å². The van der Waals surface area contributed by atoms with Crippen LogP contribution in [-0.2, 0) is 6.42 Å². The minimum absolute atomic E-state index is 0.326. The Morgan fingerprint density at radius 1 is 1.15 bits per heavy atom. The summed E-state index contributed by atoms with van der Waals surface area (Å²) in [6.07, 6.45) is 2.37. The molecule has 2 aromatic carbocycles. The number of methoxy groups -OCH3 is 1. The van der Waals surface area contributed by atoms with Crippen LogP contribution in [0.3, 0.4) is 0 Å². The van der Waals surface area contributed by atoms with E-state index >= 15 is 0 Å². The molecule has 0 aliphatic carbocycles. The Bertz CT molecular complexity index is 929. The topological polar surface area (TPSA) is 73.1 Å². The number of rotatable bonds is 6. The van der Waals surface area contributed by atoms with E-state index in [9.17, 15) is 0 Å². The fourth-order valence-electron chi connectivity index (χ4n) is 2.93. The quantitative estimate of drug-likeness (QED) is 0.614. The zero-order valence-electron chi connectivity index (χ0n) is 15.7. The molecule has 6 heteroatoms. The second-order valence-corrected chi connectivity index (χ2v) is 7.02. The van der Waals surface area contributed by atoms with Gasteiger partial charge < -0.3 is 15.8 Å². The van der Waals surface area contributed by atoms with E-state index in [1.165, 1.54) is 5.56 Å². The van der Waals surface area contributed by atoms with E-state index in [0.717, 1.165) is 16.8 Å². The third-order valence-corrected chi connectivity index (χ3v) is 4.64. The van der Waals surface area contributed by atoms with Crippen molar-refractivity contribution in [2.75, 3.05) is 18.2 Å². The predicted molar refractivity (Wildman–Crippen MR) is 111 cm³/mol. The average molecular weight is 383 g/mol. The molecule has 0 spiro atoms. The third kappa shape index (κ3) is 4.49. The number of nitrogen functional groups attached to an aromatic ring is 1. The first-order valence-electron chi connectivity index (χ1n) is 8.77. The van der Waals surface area contributed by atoms with Crippen LogP contribution in [0.2, 0.25) is 5.02 Å². The number of benzene rings is 2. The van der Waals surface area contributed by atoms with Gasteiger partial charge in [-0.1, -0.05) is 43.6 Å². The summed E-state index contributed by atoms with van der Waals surface area (Å²) < 4.78 is 5.35. The van der Waals surface area contributed by atoms with E-state index in [4.69, 9.17) is 22.1 Å². The van der Waals surface area contributed by atoms with Crippen LogP contribution in [0.25, 0.3) is 0 Å². The lowest BCUT2D eigenvalue weighted by Crippen LogP contribution is -2.06. The molecule has 0 fully saturated rings. The SMILES string of the molecule is COc1cc(C(C)C)c(Cc2cnc(Nc3ccccc3)nc2N)cc1Cl. The summed E-state index contributed by atoms with van der Waals surface area (Å²) in [6, 6.07) is 13.7. The largest absolute Gasteiger partial charge is 0.495 e. The van der Waals surface area contributed by atoms with E-state index in [-0.39, 0.29) is 0 Å². The van der Waals surface area contributed by atoms with Crippen molar-refractivity contribution in [3.8, 4) is 5.75 Å². The van der Waals surface area contributed by atoms with Gasteiger partial charge in [0.15, 0.2) is 0 Å². The van der Waals surface area contributed by atoms with Gasteiger partial charge in [-0.15, -0.1) is 0 Å². The number of halogens is 1. The molecule has 3 rings (SSSR count). The van der Waals surface area contributed by atoms with E-state index in [2.05, 4.69) is 29.1 Å². The summed E-state index contributed by atoms with van der Waals surface area (Å²) in [4.78, 5) is 8.79. The molecule has 0 amide bonds. The second kappa shape index (κ2) is 8.27. The highest BCUT2D eigenvalue weighted by Gasteiger charge is 2.14. The van der Waals surface area contributed by atoms with Crippen LogP contribution in [0.4, 0.5) is 17.5 Å². The molecule has 0 saturated heterocycles. The molecule has 3 aromatic rings. The maximum absolute atomic E-state index is 6.33. The highest BCUT2D eigenvalue weighted by molar-refractivity contribution is 6.32. The van der Waals surface area contributed by atoms with Crippen molar-refractivity contribution < 1.29 is 4.74 Å². The zero-order valence-corrected chi connectivity index (χ0v) is 16.4. The lowest BCUT2D eigenvalue weighted by Gasteiger charge is -2.16. The van der Waals surface area contributed by atoms with Gasteiger partial charge in [0, 0.05) is 23.9 Å². The highest BCUT2D eigenvalue weighted by Crippen LogP contribution is 2.33. The Labute approximate surface area is 164 Å². The van der Waals surface area contributed by atoms with Gasteiger partial charge >= 0.3 is 0 Å². The first-order chi connectivity index (χ1) is 13.0. The van der Waals surface area contributed by atoms with Crippen molar-refractivity contribution >= 4 is 29.1 Å². The maximum Gasteiger partial charge on any atom is 0.229 e. The zero-order chi connectivity index (χ0) is 19.4. The van der Waals surface area contributed by atoms with Crippen molar-refractivity contribution in [1.82, 2.24) is 9.97 Å². The van der Waals surface area contributed by atoms with Gasteiger partial charge in [0.2, 0.25) is 5.95 Å². The normalized spacial score (nSPS) is 10.9. The van der Waals surface area contributed by atoms with E-state index < -0.39 is 0 Å². The number of hydrogen-bond donors (Lipinski definition) is 2. The number of ether oxygens (including phenoxy) is 1. The highest BCUT2D eigenvalue weighted by atomic mass is 35.5. The molecule has 0 unspecified atom stereocenters. The molecule has 1 aromatic heterocycles. The summed E-state index contributed by atoms with van der Waals surface area (Å²) in [7, 11) is 1.62. The molecule has 140 valence electrons. The van der Waals surface area contributed by atoms with Crippen molar-refractivity contribution in [1.29, 1.82) is 0 Å². The van der Waals surface area contributed by atoms with E-state index in [0.29, 0.717) is 34.9 Å². The summed E-state index contributed by atoms with van der Waals surface area (Å²) in [6.45, 7) is 4.28. The molecule has 27 heavy (non-hydrogen) atoms. The van der Waals surface area contributed by atoms with Gasteiger partial charge in [-0.2, -0.15) is 4.98 Å². The van der Waals surface area contributed by atoms with Crippen molar-refractivity contribution in [3.63, 3.8) is 0 Å². The minimum Gasteiger partial charge on any atom is -0.495 e. The number of aromatic nitrogens is 2. The van der Waals surface area contributed by atoms with E-state index in [1.54, 1.807) is 13.3 Å². The van der Waals surface area contributed by atoms with Gasteiger partial charge in [-0.25, -0.2) is 4.98 Å². The molecule has 0 aliphatic rings. The van der Waals surface area contributed by atoms with Crippen molar-refractivity contribution in [2.24, 2.45) is 0 Å². The minimum atomic E-state index is 0.326. The van der Waals surface area contributed by atoms with Crippen LogP contribution in [0, 0.1) is 0 Å². The fraction of sp³-hybridized carbons (Fsp3) is 0.238. The maximum atomic E-state index is 6.33. The Kier molecular flexibility index (Phi) is 5.81. The van der Waals surface area contributed by atoms with Gasteiger partial charge in [-0.3, -0.25) is 0 Å². The fourth-order valence-corrected chi connectivity index (χ4v) is 3.19. The van der Waals surface area contributed by atoms with Gasteiger partial charge in [0.05, 0.1) is 12.1 Å². The molecule has 5 nitrogen and oxygen atoms in total. The standard InChI is InChI=1S/C21H23ClN4O/c1-13(2)17-11-19(27-3)18(22)10-14(17)9-15-12-24-21(26-20(15)23)25-16-7-5-4-6-8-16/h4-8,10-13H,9H2,1-3H3,(H3,23,24,25,26). The molecule has 0 atom stereocenters. The summed E-state index contributed by atoms with van der Waals surface area (Å²) in [5, 5.41) is 3.73. The summed E-state index contributed by atoms with van der Waals surface area (Å²) in [5.41, 5.74) is 10.2. The molecule has 1 heterocycles. The van der Waals surface area contributed by atoms with E-state index in [1.807, 2.05) is 42.5 Å². The number of nitrogens with two attached hydrogens (primary N) is 1. The molecular formula is C21H23ClN4O. The number of para-hydroxylation sites is 1.